The standard InChI is InChI=1S/C24H29N3O3/c1-3-21-24(29)27(20-15-18(2)9-10-22(20)30-21)17-23(28)26-13-11-25(12-14-26)16-19-7-5-4-6-8-19/h4-10,15,21H,3,11-14,16-17H2,1-2H3. The van der Waals surface area contributed by atoms with Crippen molar-refractivity contribution in [1.82, 2.24) is 9.80 Å². The maximum atomic E-state index is 13.0. The fourth-order valence-corrected chi connectivity index (χ4v) is 4.09. The van der Waals surface area contributed by atoms with Gasteiger partial charge in [0.25, 0.3) is 5.91 Å². The summed E-state index contributed by atoms with van der Waals surface area (Å²) in [6.07, 6.45) is 0.0466. The Labute approximate surface area is 178 Å². The van der Waals surface area contributed by atoms with Crippen LogP contribution in [-0.2, 0) is 16.1 Å². The minimum absolute atomic E-state index is 0.00748. The van der Waals surface area contributed by atoms with Gasteiger partial charge < -0.3 is 9.64 Å². The molecular weight excluding hydrogens is 378 g/mol. The van der Waals surface area contributed by atoms with Gasteiger partial charge in [-0.25, -0.2) is 0 Å². The van der Waals surface area contributed by atoms with Crippen LogP contribution in [0.2, 0.25) is 0 Å². The second-order valence-corrected chi connectivity index (χ2v) is 8.05. The summed E-state index contributed by atoms with van der Waals surface area (Å²) in [5, 5.41) is 0. The van der Waals surface area contributed by atoms with E-state index in [1.165, 1.54) is 5.56 Å². The molecule has 2 heterocycles. The summed E-state index contributed by atoms with van der Waals surface area (Å²) < 4.78 is 5.85. The molecule has 0 aromatic heterocycles. The predicted octanol–water partition coefficient (Wildman–Crippen LogP) is 2.84. The molecule has 158 valence electrons. The second kappa shape index (κ2) is 8.88. The Morgan fingerprint density at radius 1 is 1.07 bits per heavy atom. The molecule has 1 atom stereocenters. The van der Waals surface area contributed by atoms with Gasteiger partial charge in [-0.2, -0.15) is 0 Å². The normalized spacial score (nSPS) is 19.4. The Hall–Kier alpha value is -2.86. The molecule has 1 unspecified atom stereocenters. The Morgan fingerprint density at radius 3 is 2.50 bits per heavy atom. The molecule has 2 aromatic rings. The number of amides is 2. The predicted molar refractivity (Wildman–Crippen MR) is 117 cm³/mol. The number of hydrogen-bond donors (Lipinski definition) is 0. The van der Waals surface area contributed by atoms with E-state index in [4.69, 9.17) is 4.74 Å². The molecule has 30 heavy (non-hydrogen) atoms. The molecule has 6 heteroatoms. The van der Waals surface area contributed by atoms with Gasteiger partial charge in [0, 0.05) is 32.7 Å². The monoisotopic (exact) mass is 407 g/mol. The summed E-state index contributed by atoms with van der Waals surface area (Å²) in [5.74, 6) is 0.533. The number of hydrogen-bond acceptors (Lipinski definition) is 4. The fraction of sp³-hybridized carbons (Fsp3) is 0.417. The number of nitrogens with zero attached hydrogens (tertiary/aromatic N) is 3. The first-order valence-corrected chi connectivity index (χ1v) is 10.7. The van der Waals surface area contributed by atoms with E-state index in [9.17, 15) is 9.59 Å². The lowest BCUT2D eigenvalue weighted by Crippen LogP contribution is -2.54. The molecule has 0 spiro atoms. The van der Waals surface area contributed by atoms with Crippen LogP contribution in [0.25, 0.3) is 0 Å². The number of ether oxygens (including phenoxy) is 1. The Kier molecular flexibility index (Phi) is 6.04. The summed E-state index contributed by atoms with van der Waals surface area (Å²) in [5.41, 5.74) is 3.02. The Balaban J connectivity index is 1.40. The largest absolute Gasteiger partial charge is 0.478 e. The number of aryl methyl sites for hydroxylation is 1. The number of anilines is 1. The lowest BCUT2D eigenvalue weighted by molar-refractivity contribution is -0.134. The van der Waals surface area contributed by atoms with Gasteiger partial charge in [0.05, 0.1) is 5.69 Å². The number of rotatable bonds is 5. The van der Waals surface area contributed by atoms with Gasteiger partial charge in [0.15, 0.2) is 6.10 Å². The minimum atomic E-state index is -0.532. The van der Waals surface area contributed by atoms with Crippen LogP contribution in [0.5, 0.6) is 5.75 Å². The van der Waals surface area contributed by atoms with Crippen molar-refractivity contribution in [3.05, 3.63) is 59.7 Å². The van der Waals surface area contributed by atoms with Crippen LogP contribution in [0.4, 0.5) is 5.69 Å². The third kappa shape index (κ3) is 4.33. The molecule has 4 rings (SSSR count). The van der Waals surface area contributed by atoms with E-state index in [0.29, 0.717) is 30.9 Å². The Bertz CT molecular complexity index is 907. The SMILES string of the molecule is CCC1Oc2ccc(C)cc2N(CC(=O)N2CCN(Cc3ccccc3)CC2)C1=O. The van der Waals surface area contributed by atoms with Crippen LogP contribution in [0.3, 0.4) is 0 Å². The molecule has 0 radical (unpaired) electrons. The van der Waals surface area contributed by atoms with Crippen LogP contribution >= 0.6 is 0 Å². The zero-order valence-corrected chi connectivity index (χ0v) is 17.7. The number of fused-ring (bicyclic) bond motifs is 1. The fourth-order valence-electron chi connectivity index (χ4n) is 4.09. The van der Waals surface area contributed by atoms with Crippen LogP contribution in [-0.4, -0.2) is 60.4 Å². The van der Waals surface area contributed by atoms with Gasteiger partial charge in [-0.1, -0.05) is 43.3 Å². The van der Waals surface area contributed by atoms with Crippen LogP contribution in [0.1, 0.15) is 24.5 Å². The van der Waals surface area contributed by atoms with Crippen molar-refractivity contribution >= 4 is 17.5 Å². The summed E-state index contributed by atoms with van der Waals surface area (Å²) in [6.45, 7) is 7.90. The highest BCUT2D eigenvalue weighted by Gasteiger charge is 2.35. The van der Waals surface area contributed by atoms with Crippen molar-refractivity contribution in [3.8, 4) is 5.75 Å². The maximum Gasteiger partial charge on any atom is 0.268 e. The highest BCUT2D eigenvalue weighted by molar-refractivity contribution is 6.03. The van der Waals surface area contributed by atoms with Crippen molar-refractivity contribution in [1.29, 1.82) is 0 Å². The average Bonchev–Trinajstić information content (AvgIpc) is 2.77. The molecule has 6 nitrogen and oxygen atoms in total. The van der Waals surface area contributed by atoms with Crippen molar-refractivity contribution in [2.24, 2.45) is 0 Å². The van der Waals surface area contributed by atoms with E-state index in [-0.39, 0.29) is 18.4 Å². The van der Waals surface area contributed by atoms with E-state index >= 15 is 0 Å². The summed E-state index contributed by atoms with van der Waals surface area (Å²) >= 11 is 0. The molecule has 2 amide bonds. The molecule has 2 aromatic carbocycles. The zero-order chi connectivity index (χ0) is 21.1. The molecule has 0 aliphatic carbocycles. The second-order valence-electron chi connectivity index (χ2n) is 8.05. The molecular formula is C24H29N3O3. The summed E-state index contributed by atoms with van der Waals surface area (Å²) in [4.78, 5) is 31.8. The molecule has 2 aliphatic rings. The lowest BCUT2D eigenvalue weighted by atomic mass is 10.1. The van der Waals surface area contributed by atoms with E-state index in [1.54, 1.807) is 4.90 Å². The quantitative estimate of drug-likeness (QED) is 0.765. The highest BCUT2D eigenvalue weighted by Crippen LogP contribution is 2.35. The van der Waals surface area contributed by atoms with Crippen LogP contribution < -0.4 is 9.64 Å². The van der Waals surface area contributed by atoms with E-state index in [2.05, 4.69) is 29.2 Å². The van der Waals surface area contributed by atoms with E-state index < -0.39 is 6.10 Å². The first kappa shape index (κ1) is 20.4. The zero-order valence-electron chi connectivity index (χ0n) is 17.7. The van der Waals surface area contributed by atoms with Crippen molar-refractivity contribution < 1.29 is 14.3 Å². The van der Waals surface area contributed by atoms with Crippen molar-refractivity contribution in [2.75, 3.05) is 37.6 Å². The van der Waals surface area contributed by atoms with Crippen molar-refractivity contribution in [3.63, 3.8) is 0 Å². The van der Waals surface area contributed by atoms with E-state index in [1.807, 2.05) is 43.0 Å². The maximum absolute atomic E-state index is 13.0. The number of piperazine rings is 1. The third-order valence-electron chi connectivity index (χ3n) is 5.85. The van der Waals surface area contributed by atoms with Gasteiger partial charge >= 0.3 is 0 Å². The van der Waals surface area contributed by atoms with Gasteiger partial charge in [0.2, 0.25) is 5.91 Å². The van der Waals surface area contributed by atoms with Gasteiger partial charge in [-0.15, -0.1) is 0 Å². The molecule has 1 fully saturated rings. The summed E-state index contributed by atoms with van der Waals surface area (Å²) in [6, 6.07) is 16.2. The lowest BCUT2D eigenvalue weighted by Gasteiger charge is -2.38. The first-order chi connectivity index (χ1) is 14.5. The highest BCUT2D eigenvalue weighted by atomic mass is 16.5. The topological polar surface area (TPSA) is 53.1 Å². The minimum Gasteiger partial charge on any atom is -0.478 e. The smallest absolute Gasteiger partial charge is 0.268 e. The van der Waals surface area contributed by atoms with E-state index in [0.717, 1.165) is 25.2 Å². The van der Waals surface area contributed by atoms with Gasteiger partial charge in [-0.05, 0) is 36.6 Å². The summed E-state index contributed by atoms with van der Waals surface area (Å²) in [7, 11) is 0. The van der Waals surface area contributed by atoms with Gasteiger partial charge in [0.1, 0.15) is 12.3 Å². The third-order valence-corrected chi connectivity index (χ3v) is 5.85. The van der Waals surface area contributed by atoms with Crippen LogP contribution in [0.15, 0.2) is 48.5 Å². The van der Waals surface area contributed by atoms with Crippen molar-refractivity contribution in [2.45, 2.75) is 32.9 Å². The first-order valence-electron chi connectivity index (χ1n) is 10.7. The number of benzene rings is 2. The Morgan fingerprint density at radius 2 is 1.80 bits per heavy atom. The molecule has 1 saturated heterocycles. The number of carbonyl (C=O) groups is 2. The molecule has 0 saturated carbocycles. The number of carbonyl (C=O) groups excluding carboxylic acids is 2. The molecule has 0 N–H and O–H groups in total. The average molecular weight is 408 g/mol. The van der Waals surface area contributed by atoms with Crippen LogP contribution in [0, 0.1) is 6.92 Å². The molecule has 0 bridgehead atoms. The van der Waals surface area contributed by atoms with Gasteiger partial charge in [-0.3, -0.25) is 19.4 Å². The molecule has 2 aliphatic heterocycles.